The first-order valence-corrected chi connectivity index (χ1v) is 9.96. The number of aromatic nitrogens is 2. The Morgan fingerprint density at radius 3 is 2.29 bits per heavy atom. The summed E-state index contributed by atoms with van der Waals surface area (Å²) in [4.78, 5) is 38.0. The van der Waals surface area contributed by atoms with E-state index in [1.54, 1.807) is 55.6 Å². The van der Waals surface area contributed by atoms with Crippen LogP contribution in [0.2, 0.25) is 0 Å². The van der Waals surface area contributed by atoms with Crippen LogP contribution in [0.5, 0.6) is 5.75 Å². The molecule has 0 aliphatic rings. The van der Waals surface area contributed by atoms with Gasteiger partial charge in [0.1, 0.15) is 5.75 Å². The number of amides is 1. The molecule has 1 heterocycles. The van der Waals surface area contributed by atoms with Gasteiger partial charge in [-0.25, -0.2) is 9.48 Å². The zero-order chi connectivity index (χ0) is 22.5. The Morgan fingerprint density at radius 1 is 1.03 bits per heavy atom. The minimum Gasteiger partial charge on any atom is -0.497 e. The van der Waals surface area contributed by atoms with Crippen LogP contribution >= 0.6 is 0 Å². The minimum atomic E-state index is -1.07. The number of hydrogen-bond donors (Lipinski definition) is 1. The zero-order valence-corrected chi connectivity index (χ0v) is 17.9. The number of nitrogens with zero attached hydrogens (tertiary/aromatic N) is 2. The van der Waals surface area contributed by atoms with Gasteiger partial charge in [0.2, 0.25) is 0 Å². The van der Waals surface area contributed by atoms with Crippen LogP contribution in [-0.4, -0.2) is 34.9 Å². The van der Waals surface area contributed by atoms with Crippen LogP contribution in [0, 0.1) is 5.92 Å². The fourth-order valence-electron chi connectivity index (χ4n) is 3.04. The first kappa shape index (κ1) is 22.0. The van der Waals surface area contributed by atoms with Crippen LogP contribution in [0.3, 0.4) is 0 Å². The number of fused-ring (bicyclic) bond motifs is 1. The molecule has 0 fully saturated rings. The number of benzene rings is 2. The molecule has 0 saturated carbocycles. The van der Waals surface area contributed by atoms with Gasteiger partial charge in [-0.05, 0) is 43.2 Å². The van der Waals surface area contributed by atoms with Crippen molar-refractivity contribution in [1.29, 1.82) is 0 Å². The molecule has 0 unspecified atom stereocenters. The van der Waals surface area contributed by atoms with E-state index in [-0.39, 0.29) is 17.2 Å². The van der Waals surface area contributed by atoms with Gasteiger partial charge in [-0.15, -0.1) is 0 Å². The monoisotopic (exact) mass is 423 g/mol. The molecule has 0 aliphatic heterocycles. The second-order valence-electron chi connectivity index (χ2n) is 7.54. The predicted octanol–water partition coefficient (Wildman–Crippen LogP) is 3.25. The van der Waals surface area contributed by atoms with Gasteiger partial charge in [0, 0.05) is 17.6 Å². The van der Waals surface area contributed by atoms with Crippen LogP contribution in [-0.2, 0) is 16.1 Å². The average molecular weight is 423 g/mol. The highest BCUT2D eigenvalue weighted by atomic mass is 16.5. The van der Waals surface area contributed by atoms with E-state index in [9.17, 15) is 14.4 Å². The topological polar surface area (TPSA) is 99.5 Å². The van der Waals surface area contributed by atoms with Crippen LogP contribution in [0.1, 0.15) is 31.3 Å². The molecule has 0 aliphatic carbocycles. The van der Waals surface area contributed by atoms with E-state index >= 15 is 0 Å². The molecule has 1 atom stereocenters. The molecule has 1 N–H and O–H groups in total. The summed E-state index contributed by atoms with van der Waals surface area (Å²) >= 11 is 0. The number of methoxy groups -OCH3 is 1. The van der Waals surface area contributed by atoms with Gasteiger partial charge in [0.05, 0.1) is 12.5 Å². The molecule has 3 aromatic rings. The molecule has 0 radical (unpaired) electrons. The van der Waals surface area contributed by atoms with E-state index < -0.39 is 18.0 Å². The van der Waals surface area contributed by atoms with Crippen molar-refractivity contribution in [3.05, 3.63) is 64.6 Å². The van der Waals surface area contributed by atoms with Gasteiger partial charge in [0.25, 0.3) is 11.5 Å². The first-order chi connectivity index (χ1) is 14.8. The van der Waals surface area contributed by atoms with Crippen LogP contribution in [0.15, 0.2) is 53.3 Å². The van der Waals surface area contributed by atoms with Gasteiger partial charge in [-0.2, -0.15) is 5.10 Å². The van der Waals surface area contributed by atoms with E-state index in [0.717, 1.165) is 0 Å². The van der Waals surface area contributed by atoms with Gasteiger partial charge in [-0.3, -0.25) is 9.59 Å². The summed E-state index contributed by atoms with van der Waals surface area (Å²) in [7, 11) is 1.55. The molecular formula is C23H25N3O5. The maximum Gasteiger partial charge on any atom is 0.360 e. The second kappa shape index (κ2) is 9.42. The fraction of sp³-hybridized carbons (Fsp3) is 0.304. The van der Waals surface area contributed by atoms with Gasteiger partial charge in [0.15, 0.2) is 11.8 Å². The predicted molar refractivity (Wildman–Crippen MR) is 117 cm³/mol. The maximum atomic E-state index is 12.9. The van der Waals surface area contributed by atoms with E-state index in [0.29, 0.717) is 28.8 Å². The highest BCUT2D eigenvalue weighted by molar-refractivity contribution is 6.03. The van der Waals surface area contributed by atoms with Crippen molar-refractivity contribution in [2.45, 2.75) is 33.4 Å². The number of esters is 1. The number of carbonyl (C=O) groups is 2. The zero-order valence-electron chi connectivity index (χ0n) is 17.9. The molecule has 8 heteroatoms. The lowest BCUT2D eigenvalue weighted by Gasteiger charge is -2.15. The van der Waals surface area contributed by atoms with Gasteiger partial charge < -0.3 is 14.8 Å². The summed E-state index contributed by atoms with van der Waals surface area (Å²) in [6.07, 6.45) is -1.07. The second-order valence-corrected chi connectivity index (χ2v) is 7.54. The Labute approximate surface area is 179 Å². The molecule has 1 aromatic heterocycles. The molecule has 8 nitrogen and oxygen atoms in total. The molecule has 2 aromatic carbocycles. The van der Waals surface area contributed by atoms with Crippen LogP contribution < -0.4 is 15.6 Å². The normalized spacial score (nSPS) is 11.9. The Morgan fingerprint density at radius 2 is 1.68 bits per heavy atom. The maximum absolute atomic E-state index is 12.9. The summed E-state index contributed by atoms with van der Waals surface area (Å²) in [5, 5.41) is 7.69. The van der Waals surface area contributed by atoms with Gasteiger partial charge in [-0.1, -0.05) is 32.0 Å². The molecule has 162 valence electrons. The van der Waals surface area contributed by atoms with Crippen molar-refractivity contribution in [3.8, 4) is 5.75 Å². The fourth-order valence-corrected chi connectivity index (χ4v) is 3.04. The number of carbonyl (C=O) groups excluding carboxylic acids is 2. The van der Waals surface area contributed by atoms with Crippen molar-refractivity contribution >= 4 is 28.3 Å². The van der Waals surface area contributed by atoms with E-state index in [4.69, 9.17) is 9.47 Å². The number of ether oxygens (including phenoxy) is 2. The molecule has 0 saturated heterocycles. The van der Waals surface area contributed by atoms with Crippen molar-refractivity contribution < 1.29 is 19.1 Å². The summed E-state index contributed by atoms with van der Waals surface area (Å²) < 4.78 is 11.7. The molecule has 0 bridgehead atoms. The molecule has 31 heavy (non-hydrogen) atoms. The van der Waals surface area contributed by atoms with Crippen molar-refractivity contribution in [3.63, 3.8) is 0 Å². The lowest BCUT2D eigenvalue weighted by molar-refractivity contribution is -0.123. The van der Waals surface area contributed by atoms with E-state index in [1.807, 2.05) is 13.8 Å². The number of hydrogen-bond acceptors (Lipinski definition) is 6. The average Bonchev–Trinajstić information content (AvgIpc) is 2.75. The number of nitrogens with one attached hydrogen (secondary N) is 1. The first-order valence-electron chi connectivity index (χ1n) is 9.96. The molecule has 0 spiro atoms. The van der Waals surface area contributed by atoms with Gasteiger partial charge >= 0.3 is 5.97 Å². The molecular weight excluding hydrogens is 398 g/mol. The lowest BCUT2D eigenvalue weighted by Crippen LogP contribution is -2.32. The van der Waals surface area contributed by atoms with E-state index in [2.05, 4.69) is 10.4 Å². The largest absolute Gasteiger partial charge is 0.497 e. The third-order valence-electron chi connectivity index (χ3n) is 4.61. The van der Waals surface area contributed by atoms with Crippen molar-refractivity contribution in [1.82, 2.24) is 9.78 Å². The third-order valence-corrected chi connectivity index (χ3v) is 4.61. The van der Waals surface area contributed by atoms with E-state index in [1.165, 1.54) is 11.6 Å². The Bertz CT molecular complexity index is 1150. The standard InChI is InChI=1S/C23H25N3O5/c1-14(2)13-26-22(28)19-8-6-5-7-18(19)20(25-26)23(29)31-15(3)21(27)24-16-9-11-17(30-4)12-10-16/h5-12,14-15H,13H2,1-4H3,(H,24,27)/t15-/m0/s1. The summed E-state index contributed by atoms with van der Waals surface area (Å²) in [5.74, 6) is -0.444. The van der Waals surface area contributed by atoms with Crippen LogP contribution in [0.25, 0.3) is 10.8 Å². The Kier molecular flexibility index (Phi) is 6.69. The Balaban J connectivity index is 1.82. The highest BCUT2D eigenvalue weighted by Gasteiger charge is 2.23. The third kappa shape index (κ3) is 5.09. The SMILES string of the molecule is COc1ccc(NC(=O)[C@H](C)OC(=O)c2nn(CC(C)C)c(=O)c3ccccc23)cc1. The van der Waals surface area contributed by atoms with Crippen molar-refractivity contribution in [2.24, 2.45) is 5.92 Å². The summed E-state index contributed by atoms with van der Waals surface area (Å²) in [6, 6.07) is 13.5. The Hall–Kier alpha value is -3.68. The van der Waals surface area contributed by atoms with Crippen LogP contribution in [0.4, 0.5) is 5.69 Å². The molecule has 3 rings (SSSR count). The number of rotatable bonds is 7. The highest BCUT2D eigenvalue weighted by Crippen LogP contribution is 2.17. The summed E-state index contributed by atoms with van der Waals surface area (Å²) in [5.41, 5.74) is 0.272. The summed E-state index contributed by atoms with van der Waals surface area (Å²) in [6.45, 7) is 5.74. The smallest absolute Gasteiger partial charge is 0.360 e. The lowest BCUT2D eigenvalue weighted by atomic mass is 10.1. The number of anilines is 1. The van der Waals surface area contributed by atoms with Crippen molar-refractivity contribution in [2.75, 3.05) is 12.4 Å². The molecule has 1 amide bonds. The minimum absolute atomic E-state index is 0.0000486. The quantitative estimate of drug-likeness (QED) is 0.586.